The van der Waals surface area contributed by atoms with Gasteiger partial charge in [0.25, 0.3) is 5.91 Å². The minimum absolute atomic E-state index is 0.140. The number of anilines is 1. The molecule has 3 aromatic rings. The van der Waals surface area contributed by atoms with E-state index in [1.54, 1.807) is 30.5 Å². The fourth-order valence-corrected chi connectivity index (χ4v) is 3.35. The second kappa shape index (κ2) is 7.23. The number of carbonyl (C=O) groups excluding carboxylic acids is 1. The summed E-state index contributed by atoms with van der Waals surface area (Å²) in [6, 6.07) is 12.0. The number of hydrogen-bond acceptors (Lipinski definition) is 4. The highest BCUT2D eigenvalue weighted by Gasteiger charge is 2.25. The first kappa shape index (κ1) is 17.3. The zero-order valence-corrected chi connectivity index (χ0v) is 15.1. The lowest BCUT2D eigenvalue weighted by Gasteiger charge is -2.31. The topological polar surface area (TPSA) is 84.1 Å². The molecule has 1 fully saturated rings. The van der Waals surface area contributed by atoms with Crippen molar-refractivity contribution in [2.24, 2.45) is 5.92 Å². The number of para-hydroxylation sites is 1. The molecule has 1 aromatic carbocycles. The van der Waals surface area contributed by atoms with Gasteiger partial charge in [-0.2, -0.15) is 0 Å². The van der Waals surface area contributed by atoms with E-state index in [9.17, 15) is 9.59 Å². The molecule has 27 heavy (non-hydrogen) atoms. The van der Waals surface area contributed by atoms with Gasteiger partial charge in [-0.15, -0.1) is 0 Å². The molecule has 4 rings (SSSR count). The van der Waals surface area contributed by atoms with Crippen LogP contribution in [0.15, 0.2) is 53.5 Å². The molecule has 0 radical (unpaired) electrons. The van der Waals surface area contributed by atoms with Crippen LogP contribution in [0.3, 0.4) is 0 Å². The molecule has 1 atom stereocenters. The number of pyridine rings is 2. The van der Waals surface area contributed by atoms with Crippen LogP contribution in [0.2, 0.25) is 0 Å². The number of ether oxygens (including phenoxy) is 1. The van der Waals surface area contributed by atoms with E-state index in [2.05, 4.69) is 22.2 Å². The number of amides is 1. The Balaban J connectivity index is 1.55. The zero-order valence-electron chi connectivity index (χ0n) is 15.1. The lowest BCUT2D eigenvalue weighted by atomic mass is 9.82. The number of aromatic amines is 1. The molecule has 2 aromatic heterocycles. The summed E-state index contributed by atoms with van der Waals surface area (Å²) < 4.78 is 5.99. The highest BCUT2D eigenvalue weighted by atomic mass is 16.5. The molecule has 0 saturated heterocycles. The number of hydrogen-bond donors (Lipinski definition) is 2. The van der Waals surface area contributed by atoms with Gasteiger partial charge in [0.15, 0.2) is 0 Å². The molecule has 138 valence electrons. The van der Waals surface area contributed by atoms with E-state index in [1.807, 2.05) is 12.1 Å². The van der Waals surface area contributed by atoms with Crippen molar-refractivity contribution in [3.05, 3.63) is 64.6 Å². The highest BCUT2D eigenvalue weighted by Crippen LogP contribution is 2.32. The van der Waals surface area contributed by atoms with Crippen LogP contribution >= 0.6 is 0 Å². The molecule has 2 N–H and O–H groups in total. The van der Waals surface area contributed by atoms with Crippen molar-refractivity contribution in [3.8, 4) is 5.75 Å². The van der Waals surface area contributed by atoms with Crippen LogP contribution in [-0.4, -0.2) is 22.0 Å². The zero-order chi connectivity index (χ0) is 18.8. The summed E-state index contributed by atoms with van der Waals surface area (Å²) in [5.74, 6) is 1.28. The first-order valence-corrected chi connectivity index (χ1v) is 9.16. The number of fused-ring (bicyclic) bond motifs is 1. The molecule has 2 heterocycles. The summed E-state index contributed by atoms with van der Waals surface area (Å²) in [5.41, 5.74) is 0.609. The Hall–Kier alpha value is -3.15. The second-order valence-corrected chi connectivity index (χ2v) is 6.94. The molecule has 1 aliphatic carbocycles. The Morgan fingerprint density at radius 2 is 2.07 bits per heavy atom. The van der Waals surface area contributed by atoms with E-state index in [-0.39, 0.29) is 17.6 Å². The SMILES string of the molecule is CC(Oc1ccnc(NC(=O)c2cc(=O)[nH]c3ccccc23)c1)C1CCC1. The monoisotopic (exact) mass is 363 g/mol. The highest BCUT2D eigenvalue weighted by molar-refractivity contribution is 6.11. The van der Waals surface area contributed by atoms with E-state index < -0.39 is 0 Å². The van der Waals surface area contributed by atoms with E-state index in [4.69, 9.17) is 4.74 Å². The first-order chi connectivity index (χ1) is 13.1. The molecule has 1 saturated carbocycles. The fourth-order valence-electron chi connectivity index (χ4n) is 3.35. The number of rotatable bonds is 5. The van der Waals surface area contributed by atoms with Gasteiger partial charge in [0.1, 0.15) is 11.6 Å². The van der Waals surface area contributed by atoms with E-state index >= 15 is 0 Å². The van der Waals surface area contributed by atoms with Crippen LogP contribution in [-0.2, 0) is 0 Å². The number of benzene rings is 1. The van der Waals surface area contributed by atoms with Gasteiger partial charge in [-0.05, 0) is 37.8 Å². The van der Waals surface area contributed by atoms with Gasteiger partial charge in [0.2, 0.25) is 5.56 Å². The quantitative estimate of drug-likeness (QED) is 0.723. The van der Waals surface area contributed by atoms with E-state index in [0.717, 1.165) is 0 Å². The molecule has 0 bridgehead atoms. The maximum Gasteiger partial charge on any atom is 0.257 e. The van der Waals surface area contributed by atoms with Crippen LogP contribution < -0.4 is 15.6 Å². The molecule has 1 aliphatic rings. The van der Waals surface area contributed by atoms with Crippen molar-refractivity contribution in [3.63, 3.8) is 0 Å². The van der Waals surface area contributed by atoms with Crippen molar-refractivity contribution in [1.82, 2.24) is 9.97 Å². The van der Waals surface area contributed by atoms with Gasteiger partial charge in [0, 0.05) is 29.2 Å². The number of H-pyrrole nitrogens is 1. The van der Waals surface area contributed by atoms with Crippen molar-refractivity contribution >= 4 is 22.6 Å². The fraction of sp³-hybridized carbons (Fsp3) is 0.286. The molecule has 6 nitrogen and oxygen atoms in total. The summed E-state index contributed by atoms with van der Waals surface area (Å²) in [6.45, 7) is 2.07. The standard InChI is InChI=1S/C21H21N3O3/c1-13(14-5-4-6-14)27-15-9-10-22-19(11-15)24-21(26)17-12-20(25)23-18-8-3-2-7-16(17)18/h2-3,7-14H,4-6H2,1H3,(H,23,25)(H,22,24,26). The van der Waals surface area contributed by atoms with E-state index in [0.29, 0.717) is 34.0 Å². The van der Waals surface area contributed by atoms with Gasteiger partial charge in [-0.3, -0.25) is 9.59 Å². The molecular weight excluding hydrogens is 342 g/mol. The van der Waals surface area contributed by atoms with Crippen LogP contribution in [0, 0.1) is 5.92 Å². The predicted octanol–water partition coefficient (Wildman–Crippen LogP) is 3.74. The maximum absolute atomic E-state index is 12.7. The maximum atomic E-state index is 12.7. The second-order valence-electron chi connectivity index (χ2n) is 6.94. The Bertz CT molecular complexity index is 1040. The van der Waals surface area contributed by atoms with Crippen molar-refractivity contribution in [1.29, 1.82) is 0 Å². The van der Waals surface area contributed by atoms with Crippen LogP contribution in [0.1, 0.15) is 36.5 Å². The van der Waals surface area contributed by atoms with Crippen molar-refractivity contribution in [2.75, 3.05) is 5.32 Å². The molecule has 1 unspecified atom stereocenters. The van der Waals surface area contributed by atoms with E-state index in [1.165, 1.54) is 25.3 Å². The molecule has 6 heteroatoms. The Labute approximate surface area is 156 Å². The van der Waals surface area contributed by atoms with Gasteiger partial charge >= 0.3 is 0 Å². The Kier molecular flexibility index (Phi) is 4.62. The van der Waals surface area contributed by atoms with Gasteiger partial charge in [0.05, 0.1) is 11.7 Å². The third-order valence-corrected chi connectivity index (χ3v) is 5.10. The van der Waals surface area contributed by atoms with Crippen molar-refractivity contribution in [2.45, 2.75) is 32.3 Å². The minimum Gasteiger partial charge on any atom is -0.490 e. The smallest absolute Gasteiger partial charge is 0.257 e. The third-order valence-electron chi connectivity index (χ3n) is 5.10. The summed E-state index contributed by atoms with van der Waals surface area (Å²) in [4.78, 5) is 31.5. The van der Waals surface area contributed by atoms with Gasteiger partial charge < -0.3 is 15.0 Å². The Morgan fingerprint density at radius 1 is 1.26 bits per heavy atom. The van der Waals surface area contributed by atoms with Gasteiger partial charge in [-0.1, -0.05) is 24.6 Å². The summed E-state index contributed by atoms with van der Waals surface area (Å²) in [7, 11) is 0. The number of carbonyl (C=O) groups is 1. The van der Waals surface area contributed by atoms with Gasteiger partial charge in [-0.25, -0.2) is 4.98 Å². The Morgan fingerprint density at radius 3 is 2.85 bits per heavy atom. The number of nitrogens with one attached hydrogen (secondary N) is 2. The minimum atomic E-state index is -0.381. The largest absolute Gasteiger partial charge is 0.490 e. The van der Waals surface area contributed by atoms with Crippen LogP contribution in [0.5, 0.6) is 5.75 Å². The average Bonchev–Trinajstić information content (AvgIpc) is 2.59. The van der Waals surface area contributed by atoms with Crippen LogP contribution in [0.25, 0.3) is 10.9 Å². The number of nitrogens with zero attached hydrogens (tertiary/aromatic N) is 1. The molecule has 0 spiro atoms. The molecular formula is C21H21N3O3. The first-order valence-electron chi connectivity index (χ1n) is 9.16. The summed E-state index contributed by atoms with van der Waals surface area (Å²) in [6.07, 6.45) is 5.41. The lowest BCUT2D eigenvalue weighted by Crippen LogP contribution is -2.29. The lowest BCUT2D eigenvalue weighted by molar-refractivity contribution is 0.0988. The molecule has 0 aliphatic heterocycles. The number of aromatic nitrogens is 2. The summed E-state index contributed by atoms with van der Waals surface area (Å²) in [5, 5.41) is 3.45. The molecule has 1 amide bonds. The average molecular weight is 363 g/mol. The third kappa shape index (κ3) is 3.69. The summed E-state index contributed by atoms with van der Waals surface area (Å²) >= 11 is 0. The van der Waals surface area contributed by atoms with Crippen molar-refractivity contribution < 1.29 is 9.53 Å². The predicted molar refractivity (Wildman–Crippen MR) is 104 cm³/mol. The normalized spacial score (nSPS) is 15.1. The van der Waals surface area contributed by atoms with Crippen LogP contribution in [0.4, 0.5) is 5.82 Å².